The molecule has 1 saturated carbocycles. The lowest BCUT2D eigenvalue weighted by molar-refractivity contribution is 1.13. The first-order valence-electron chi connectivity index (χ1n) is 7.49. The third-order valence-electron chi connectivity index (χ3n) is 3.79. The van der Waals surface area contributed by atoms with Crippen molar-refractivity contribution in [1.82, 2.24) is 15.0 Å². The Kier molecular flexibility index (Phi) is 3.11. The van der Waals surface area contributed by atoms with Crippen molar-refractivity contribution in [2.45, 2.75) is 25.8 Å². The zero-order valence-electron chi connectivity index (χ0n) is 12.4. The summed E-state index contributed by atoms with van der Waals surface area (Å²) in [7, 11) is 0. The van der Waals surface area contributed by atoms with E-state index in [-0.39, 0.29) is 0 Å². The molecule has 110 valence electrons. The number of hydrogen-bond donors (Lipinski definition) is 2. The number of anilines is 3. The molecule has 0 aliphatic heterocycles. The molecule has 3 aromatic heterocycles. The van der Waals surface area contributed by atoms with E-state index in [9.17, 15) is 0 Å². The van der Waals surface area contributed by atoms with Crippen LogP contribution in [0.2, 0.25) is 0 Å². The minimum atomic E-state index is 0.625. The van der Waals surface area contributed by atoms with Gasteiger partial charge in [0, 0.05) is 41.8 Å². The Morgan fingerprint density at radius 1 is 1.09 bits per heavy atom. The van der Waals surface area contributed by atoms with Crippen LogP contribution in [0.25, 0.3) is 10.9 Å². The molecule has 0 unspecified atom stereocenters. The average molecular weight is 291 g/mol. The highest BCUT2D eigenvalue weighted by atomic mass is 15.1. The zero-order chi connectivity index (χ0) is 14.9. The van der Waals surface area contributed by atoms with Gasteiger partial charge in [0.05, 0.1) is 5.52 Å². The summed E-state index contributed by atoms with van der Waals surface area (Å²) in [6, 6.07) is 8.53. The second-order valence-corrected chi connectivity index (χ2v) is 5.69. The van der Waals surface area contributed by atoms with Crippen molar-refractivity contribution in [3.63, 3.8) is 0 Å². The van der Waals surface area contributed by atoms with Crippen LogP contribution in [0.3, 0.4) is 0 Å². The molecule has 3 aromatic rings. The van der Waals surface area contributed by atoms with E-state index < -0.39 is 0 Å². The Bertz CT molecular complexity index is 826. The first-order chi connectivity index (χ1) is 10.8. The Morgan fingerprint density at radius 3 is 2.86 bits per heavy atom. The van der Waals surface area contributed by atoms with Gasteiger partial charge in [-0.3, -0.25) is 4.98 Å². The van der Waals surface area contributed by atoms with Gasteiger partial charge in [-0.15, -0.1) is 0 Å². The van der Waals surface area contributed by atoms with Gasteiger partial charge in [-0.1, -0.05) is 0 Å². The standard InChI is InChI=1S/C17H17N5/c1-11-9-19-17(8-15(11)20-13-3-4-13)22-16-5-2-12-10-18-7-6-14(12)21-16/h2,5-10,13H,3-4H2,1H3,(H2,19,20,21,22). The first-order valence-corrected chi connectivity index (χ1v) is 7.49. The van der Waals surface area contributed by atoms with E-state index in [2.05, 4.69) is 32.5 Å². The maximum Gasteiger partial charge on any atom is 0.133 e. The summed E-state index contributed by atoms with van der Waals surface area (Å²) in [6.07, 6.45) is 7.96. The molecular formula is C17H17N5. The van der Waals surface area contributed by atoms with Crippen LogP contribution in [0.4, 0.5) is 17.3 Å². The van der Waals surface area contributed by atoms with Gasteiger partial charge < -0.3 is 10.6 Å². The fourth-order valence-corrected chi connectivity index (χ4v) is 2.36. The number of aryl methyl sites for hydroxylation is 1. The Labute approximate surface area is 128 Å². The number of hydrogen-bond acceptors (Lipinski definition) is 5. The van der Waals surface area contributed by atoms with Crippen LogP contribution in [0, 0.1) is 6.92 Å². The predicted molar refractivity (Wildman–Crippen MR) is 88.4 cm³/mol. The SMILES string of the molecule is Cc1cnc(Nc2ccc3cnccc3n2)cc1NC1CC1. The number of rotatable bonds is 4. The van der Waals surface area contributed by atoms with Crippen LogP contribution >= 0.6 is 0 Å². The summed E-state index contributed by atoms with van der Waals surface area (Å²) in [5.41, 5.74) is 3.23. The van der Waals surface area contributed by atoms with Crippen molar-refractivity contribution in [2.24, 2.45) is 0 Å². The quantitative estimate of drug-likeness (QED) is 0.768. The number of nitrogens with one attached hydrogen (secondary N) is 2. The monoisotopic (exact) mass is 291 g/mol. The number of fused-ring (bicyclic) bond motifs is 1. The Morgan fingerprint density at radius 2 is 2.00 bits per heavy atom. The predicted octanol–water partition coefficient (Wildman–Crippen LogP) is 3.65. The van der Waals surface area contributed by atoms with Gasteiger partial charge in [-0.05, 0) is 43.5 Å². The van der Waals surface area contributed by atoms with Crippen molar-refractivity contribution in [2.75, 3.05) is 10.6 Å². The summed E-state index contributed by atoms with van der Waals surface area (Å²) >= 11 is 0. The third kappa shape index (κ3) is 2.70. The van der Waals surface area contributed by atoms with Gasteiger partial charge in [0.15, 0.2) is 0 Å². The van der Waals surface area contributed by atoms with Gasteiger partial charge in [-0.25, -0.2) is 9.97 Å². The molecule has 0 atom stereocenters. The molecule has 0 spiro atoms. The second-order valence-electron chi connectivity index (χ2n) is 5.69. The third-order valence-corrected chi connectivity index (χ3v) is 3.79. The molecule has 22 heavy (non-hydrogen) atoms. The van der Waals surface area contributed by atoms with Crippen LogP contribution in [-0.4, -0.2) is 21.0 Å². The van der Waals surface area contributed by atoms with Gasteiger partial charge in [-0.2, -0.15) is 0 Å². The second kappa shape index (κ2) is 5.26. The van der Waals surface area contributed by atoms with Crippen molar-refractivity contribution < 1.29 is 0 Å². The fourth-order valence-electron chi connectivity index (χ4n) is 2.36. The number of pyridine rings is 3. The maximum absolute atomic E-state index is 4.58. The Hall–Kier alpha value is -2.69. The normalized spacial score (nSPS) is 14.0. The van der Waals surface area contributed by atoms with Crippen LogP contribution in [0.5, 0.6) is 0 Å². The molecule has 1 aliphatic rings. The van der Waals surface area contributed by atoms with E-state index in [0.29, 0.717) is 6.04 Å². The van der Waals surface area contributed by atoms with Crippen LogP contribution in [0.15, 0.2) is 42.9 Å². The molecule has 1 fully saturated rings. The van der Waals surface area contributed by atoms with Crippen LogP contribution in [-0.2, 0) is 0 Å². The van der Waals surface area contributed by atoms with Gasteiger partial charge in [0.1, 0.15) is 11.6 Å². The summed E-state index contributed by atoms with van der Waals surface area (Å²) < 4.78 is 0. The Balaban J connectivity index is 1.60. The van der Waals surface area contributed by atoms with Crippen LogP contribution < -0.4 is 10.6 Å². The molecule has 0 amide bonds. The lowest BCUT2D eigenvalue weighted by Gasteiger charge is -2.11. The van der Waals surface area contributed by atoms with Gasteiger partial charge in [0.2, 0.25) is 0 Å². The van der Waals surface area contributed by atoms with E-state index in [1.807, 2.05) is 36.7 Å². The van der Waals surface area contributed by atoms with E-state index >= 15 is 0 Å². The molecule has 0 radical (unpaired) electrons. The number of aromatic nitrogens is 3. The van der Waals surface area contributed by atoms with E-state index in [4.69, 9.17) is 0 Å². The van der Waals surface area contributed by atoms with E-state index in [1.165, 1.54) is 12.8 Å². The maximum atomic E-state index is 4.58. The van der Waals surface area contributed by atoms with E-state index in [0.717, 1.165) is 33.8 Å². The number of nitrogens with zero attached hydrogens (tertiary/aromatic N) is 3. The van der Waals surface area contributed by atoms with Crippen molar-refractivity contribution in [1.29, 1.82) is 0 Å². The molecule has 3 heterocycles. The van der Waals surface area contributed by atoms with Gasteiger partial charge in [0.25, 0.3) is 0 Å². The lowest BCUT2D eigenvalue weighted by Crippen LogP contribution is -2.04. The molecule has 4 rings (SSSR count). The van der Waals surface area contributed by atoms with Crippen molar-refractivity contribution in [3.8, 4) is 0 Å². The average Bonchev–Trinajstić information content (AvgIpc) is 3.35. The molecule has 0 bridgehead atoms. The van der Waals surface area contributed by atoms with Crippen LogP contribution in [0.1, 0.15) is 18.4 Å². The highest BCUT2D eigenvalue weighted by Gasteiger charge is 2.21. The molecule has 1 aliphatic carbocycles. The first kappa shape index (κ1) is 13.0. The molecule has 0 saturated heterocycles. The summed E-state index contributed by atoms with van der Waals surface area (Å²) in [5.74, 6) is 1.59. The molecular weight excluding hydrogens is 274 g/mol. The molecule has 5 nitrogen and oxygen atoms in total. The molecule has 0 aromatic carbocycles. The minimum Gasteiger partial charge on any atom is -0.382 e. The van der Waals surface area contributed by atoms with E-state index in [1.54, 1.807) is 6.20 Å². The fraction of sp³-hybridized carbons (Fsp3) is 0.235. The summed E-state index contributed by atoms with van der Waals surface area (Å²) in [4.78, 5) is 13.1. The summed E-state index contributed by atoms with van der Waals surface area (Å²) in [5, 5.41) is 7.83. The topological polar surface area (TPSA) is 62.7 Å². The highest BCUT2D eigenvalue weighted by molar-refractivity contribution is 5.79. The lowest BCUT2D eigenvalue weighted by atomic mass is 10.2. The summed E-state index contributed by atoms with van der Waals surface area (Å²) in [6.45, 7) is 2.07. The largest absolute Gasteiger partial charge is 0.382 e. The highest BCUT2D eigenvalue weighted by Crippen LogP contribution is 2.28. The molecule has 5 heteroatoms. The van der Waals surface area contributed by atoms with Crippen molar-refractivity contribution >= 4 is 28.2 Å². The van der Waals surface area contributed by atoms with Gasteiger partial charge >= 0.3 is 0 Å². The zero-order valence-corrected chi connectivity index (χ0v) is 12.4. The smallest absolute Gasteiger partial charge is 0.133 e. The van der Waals surface area contributed by atoms with Crippen molar-refractivity contribution in [3.05, 3.63) is 48.4 Å². The molecule has 2 N–H and O–H groups in total. The minimum absolute atomic E-state index is 0.625.